The van der Waals surface area contributed by atoms with Gasteiger partial charge in [0.15, 0.2) is 0 Å². The van der Waals surface area contributed by atoms with Gasteiger partial charge in [-0.1, -0.05) is 13.3 Å². The van der Waals surface area contributed by atoms with E-state index in [-0.39, 0.29) is 11.9 Å². The maximum Gasteiger partial charge on any atom is 0.253 e. The Hall–Kier alpha value is -1.71. The minimum absolute atomic E-state index is 0.0894. The Kier molecular flexibility index (Phi) is 5.67. The van der Waals surface area contributed by atoms with Crippen LogP contribution in [-0.2, 0) is 0 Å². The van der Waals surface area contributed by atoms with Gasteiger partial charge < -0.3 is 16.4 Å². The third-order valence-electron chi connectivity index (χ3n) is 2.83. The Morgan fingerprint density at radius 3 is 2.58 bits per heavy atom. The number of anilines is 2. The summed E-state index contributed by atoms with van der Waals surface area (Å²) in [6, 6.07) is 5.84. The fourth-order valence-electron chi connectivity index (χ4n) is 1.99. The van der Waals surface area contributed by atoms with Crippen molar-refractivity contribution in [3.05, 3.63) is 23.8 Å². The first-order chi connectivity index (χ1) is 8.93. The van der Waals surface area contributed by atoms with E-state index in [1.54, 1.807) is 6.07 Å². The van der Waals surface area contributed by atoms with Gasteiger partial charge in [0.25, 0.3) is 5.91 Å². The molecule has 0 aliphatic rings. The number of hydrogen-bond donors (Lipinski definition) is 3. The lowest BCUT2D eigenvalue weighted by molar-refractivity contribution is 0.0944. The van der Waals surface area contributed by atoms with Crippen LogP contribution in [0.5, 0.6) is 0 Å². The molecule has 0 saturated carbocycles. The fraction of sp³-hybridized carbons (Fsp3) is 0.533. The van der Waals surface area contributed by atoms with Crippen LogP contribution in [0.3, 0.4) is 0 Å². The highest BCUT2D eigenvalue weighted by atomic mass is 16.1. The van der Waals surface area contributed by atoms with E-state index >= 15 is 0 Å². The van der Waals surface area contributed by atoms with Crippen molar-refractivity contribution in [3.63, 3.8) is 0 Å². The van der Waals surface area contributed by atoms with Gasteiger partial charge in [-0.05, 0) is 45.4 Å². The highest BCUT2D eigenvalue weighted by Crippen LogP contribution is 2.20. The molecule has 1 unspecified atom stereocenters. The SMILES string of the molecule is CCCC(C)Nc1ccc(N)cc1C(=O)NC(C)C. The second-order valence-corrected chi connectivity index (χ2v) is 5.27. The molecule has 1 rings (SSSR count). The third kappa shape index (κ3) is 4.81. The molecule has 0 aliphatic carbocycles. The molecule has 0 saturated heterocycles. The molecule has 4 nitrogen and oxygen atoms in total. The molecule has 1 aromatic carbocycles. The van der Waals surface area contributed by atoms with Crippen LogP contribution < -0.4 is 16.4 Å². The lowest BCUT2D eigenvalue weighted by Gasteiger charge is -2.18. The van der Waals surface area contributed by atoms with E-state index in [0.29, 0.717) is 17.3 Å². The van der Waals surface area contributed by atoms with Crippen LogP contribution in [0.15, 0.2) is 18.2 Å². The number of amides is 1. The fourth-order valence-corrected chi connectivity index (χ4v) is 1.99. The number of nitrogen functional groups attached to an aromatic ring is 1. The Morgan fingerprint density at radius 2 is 2.00 bits per heavy atom. The summed E-state index contributed by atoms with van der Waals surface area (Å²) in [6.45, 7) is 8.14. The van der Waals surface area contributed by atoms with Crippen molar-refractivity contribution in [2.45, 2.75) is 52.6 Å². The molecule has 0 heterocycles. The van der Waals surface area contributed by atoms with Crippen LogP contribution in [0.25, 0.3) is 0 Å². The molecule has 0 radical (unpaired) electrons. The second kappa shape index (κ2) is 7.02. The molecule has 0 aromatic heterocycles. The predicted octanol–water partition coefficient (Wildman–Crippen LogP) is 3.01. The number of nitrogens with two attached hydrogens (primary N) is 1. The second-order valence-electron chi connectivity index (χ2n) is 5.27. The largest absolute Gasteiger partial charge is 0.399 e. The first-order valence-electron chi connectivity index (χ1n) is 6.91. The summed E-state index contributed by atoms with van der Waals surface area (Å²) in [4.78, 5) is 12.2. The summed E-state index contributed by atoms with van der Waals surface area (Å²) in [5, 5.41) is 6.27. The molecule has 106 valence electrons. The average molecular weight is 263 g/mol. The summed E-state index contributed by atoms with van der Waals surface area (Å²) < 4.78 is 0. The molecule has 1 aromatic rings. The zero-order valence-corrected chi connectivity index (χ0v) is 12.3. The van der Waals surface area contributed by atoms with Gasteiger partial charge in [-0.3, -0.25) is 4.79 Å². The van der Waals surface area contributed by atoms with Crippen molar-refractivity contribution in [1.29, 1.82) is 0 Å². The van der Waals surface area contributed by atoms with Gasteiger partial charge in [0.05, 0.1) is 5.56 Å². The number of carbonyl (C=O) groups is 1. The van der Waals surface area contributed by atoms with Crippen LogP contribution in [0, 0.1) is 0 Å². The quantitative estimate of drug-likeness (QED) is 0.691. The van der Waals surface area contributed by atoms with E-state index in [1.165, 1.54) is 0 Å². The van der Waals surface area contributed by atoms with Crippen LogP contribution in [0.4, 0.5) is 11.4 Å². The van der Waals surface area contributed by atoms with E-state index in [0.717, 1.165) is 18.5 Å². The van der Waals surface area contributed by atoms with E-state index in [1.807, 2.05) is 26.0 Å². The maximum absolute atomic E-state index is 12.2. The molecule has 0 fully saturated rings. The lowest BCUT2D eigenvalue weighted by atomic mass is 10.1. The number of benzene rings is 1. The Morgan fingerprint density at radius 1 is 1.32 bits per heavy atom. The normalized spacial score (nSPS) is 12.3. The number of carbonyl (C=O) groups excluding carboxylic acids is 1. The van der Waals surface area contributed by atoms with Crippen molar-refractivity contribution in [2.24, 2.45) is 0 Å². The van der Waals surface area contributed by atoms with Crippen molar-refractivity contribution >= 4 is 17.3 Å². The summed E-state index contributed by atoms with van der Waals surface area (Å²) in [5.41, 5.74) is 7.83. The number of hydrogen-bond acceptors (Lipinski definition) is 3. The van der Waals surface area contributed by atoms with Crippen molar-refractivity contribution < 1.29 is 4.79 Å². The van der Waals surface area contributed by atoms with Crippen LogP contribution in [-0.4, -0.2) is 18.0 Å². The van der Waals surface area contributed by atoms with E-state index in [9.17, 15) is 4.79 Å². The molecule has 0 bridgehead atoms. The number of nitrogens with one attached hydrogen (secondary N) is 2. The molecular weight excluding hydrogens is 238 g/mol. The highest BCUT2D eigenvalue weighted by molar-refractivity contribution is 6.00. The average Bonchev–Trinajstić information content (AvgIpc) is 2.30. The molecule has 1 amide bonds. The molecule has 1 atom stereocenters. The predicted molar refractivity (Wildman–Crippen MR) is 81.4 cm³/mol. The molecular formula is C15H25N3O. The topological polar surface area (TPSA) is 67.1 Å². The lowest BCUT2D eigenvalue weighted by Crippen LogP contribution is -2.31. The molecule has 19 heavy (non-hydrogen) atoms. The van der Waals surface area contributed by atoms with Gasteiger partial charge >= 0.3 is 0 Å². The van der Waals surface area contributed by atoms with Gasteiger partial charge in [-0.2, -0.15) is 0 Å². The highest BCUT2D eigenvalue weighted by Gasteiger charge is 2.14. The number of rotatable bonds is 6. The smallest absolute Gasteiger partial charge is 0.253 e. The van der Waals surface area contributed by atoms with Gasteiger partial charge in [0.1, 0.15) is 0 Å². The monoisotopic (exact) mass is 263 g/mol. The Labute approximate surface area is 115 Å². The minimum atomic E-state index is -0.0894. The van der Waals surface area contributed by atoms with Crippen molar-refractivity contribution in [3.8, 4) is 0 Å². The maximum atomic E-state index is 12.2. The van der Waals surface area contributed by atoms with E-state index in [2.05, 4.69) is 24.5 Å². The molecule has 4 heteroatoms. The van der Waals surface area contributed by atoms with Gasteiger partial charge in [-0.25, -0.2) is 0 Å². The minimum Gasteiger partial charge on any atom is -0.399 e. The Bertz CT molecular complexity index is 429. The standard InChI is InChI=1S/C15H25N3O/c1-5-6-11(4)18-14-8-7-12(16)9-13(14)15(19)17-10(2)3/h7-11,18H,5-6,16H2,1-4H3,(H,17,19). The van der Waals surface area contributed by atoms with Crippen molar-refractivity contribution in [2.75, 3.05) is 11.1 Å². The molecule has 0 spiro atoms. The summed E-state index contributed by atoms with van der Waals surface area (Å²) in [6.07, 6.45) is 2.17. The zero-order valence-electron chi connectivity index (χ0n) is 12.3. The Balaban J connectivity index is 2.94. The van der Waals surface area contributed by atoms with E-state index in [4.69, 9.17) is 5.73 Å². The third-order valence-corrected chi connectivity index (χ3v) is 2.83. The van der Waals surface area contributed by atoms with Crippen LogP contribution in [0.2, 0.25) is 0 Å². The molecule has 4 N–H and O–H groups in total. The molecule has 0 aliphatic heterocycles. The summed E-state index contributed by atoms with van der Waals surface area (Å²) >= 11 is 0. The van der Waals surface area contributed by atoms with Gasteiger partial charge in [-0.15, -0.1) is 0 Å². The van der Waals surface area contributed by atoms with Gasteiger partial charge in [0.2, 0.25) is 0 Å². The van der Waals surface area contributed by atoms with E-state index < -0.39 is 0 Å². The van der Waals surface area contributed by atoms with Crippen LogP contribution in [0.1, 0.15) is 50.9 Å². The summed E-state index contributed by atoms with van der Waals surface area (Å²) in [5.74, 6) is -0.0894. The zero-order chi connectivity index (χ0) is 14.4. The summed E-state index contributed by atoms with van der Waals surface area (Å²) in [7, 11) is 0. The van der Waals surface area contributed by atoms with Gasteiger partial charge in [0, 0.05) is 23.5 Å². The first-order valence-corrected chi connectivity index (χ1v) is 6.91. The van der Waals surface area contributed by atoms with Crippen molar-refractivity contribution in [1.82, 2.24) is 5.32 Å². The first kappa shape index (κ1) is 15.3. The van der Waals surface area contributed by atoms with Crippen LogP contribution >= 0.6 is 0 Å².